The molecular formula is C29H28N4O3S. The number of nitrogens with two attached hydrogens (primary N) is 1. The van der Waals surface area contributed by atoms with Gasteiger partial charge < -0.3 is 26.8 Å². The van der Waals surface area contributed by atoms with Crippen LogP contribution in [-0.4, -0.2) is 17.0 Å². The normalized spacial score (nSPS) is 10.5. The van der Waals surface area contributed by atoms with Crippen molar-refractivity contribution in [2.45, 2.75) is 29.4 Å². The lowest BCUT2D eigenvalue weighted by atomic mass is 10.1. The molecule has 4 rings (SSSR count). The zero-order valence-electron chi connectivity index (χ0n) is 20.1. The molecule has 0 unspecified atom stereocenters. The molecule has 6 N–H and O–H groups in total. The Morgan fingerprint density at radius 2 is 1.46 bits per heavy atom. The van der Waals surface area contributed by atoms with Crippen molar-refractivity contribution in [1.29, 1.82) is 0 Å². The van der Waals surface area contributed by atoms with Crippen LogP contribution in [0.3, 0.4) is 0 Å². The predicted octanol–water partition coefficient (Wildman–Crippen LogP) is 5.25. The lowest BCUT2D eigenvalue weighted by Crippen LogP contribution is -2.28. The second-order valence-corrected chi connectivity index (χ2v) is 9.42. The summed E-state index contributed by atoms with van der Waals surface area (Å²) in [5.41, 5.74) is 9.56. The molecule has 0 saturated heterocycles. The van der Waals surface area contributed by atoms with Crippen molar-refractivity contribution in [3.63, 3.8) is 0 Å². The summed E-state index contributed by atoms with van der Waals surface area (Å²) in [6, 6.07) is 28.9. The fourth-order valence-electron chi connectivity index (χ4n) is 3.59. The van der Waals surface area contributed by atoms with Crippen molar-refractivity contribution in [2.24, 2.45) is 5.73 Å². The average molecular weight is 513 g/mol. The number of rotatable bonds is 9. The third-order valence-corrected chi connectivity index (χ3v) is 6.61. The monoisotopic (exact) mass is 512 g/mol. The van der Waals surface area contributed by atoms with E-state index in [4.69, 9.17) is 5.73 Å². The Bertz CT molecular complexity index is 1360. The molecule has 0 aliphatic carbocycles. The molecule has 0 bridgehead atoms. The summed E-state index contributed by atoms with van der Waals surface area (Å²) < 4.78 is 0. The van der Waals surface area contributed by atoms with Crippen LogP contribution in [-0.2, 0) is 19.6 Å². The van der Waals surface area contributed by atoms with Crippen molar-refractivity contribution in [3.8, 4) is 5.75 Å². The second-order valence-electron chi connectivity index (χ2n) is 8.31. The maximum absolute atomic E-state index is 12.9. The minimum absolute atomic E-state index is 0.173. The van der Waals surface area contributed by atoms with E-state index in [1.165, 1.54) is 11.8 Å². The van der Waals surface area contributed by atoms with Crippen LogP contribution in [0, 0.1) is 0 Å². The van der Waals surface area contributed by atoms with E-state index in [-0.39, 0.29) is 17.7 Å². The lowest BCUT2D eigenvalue weighted by molar-refractivity contribution is 0.0951. The number of carbonyl (C=O) groups excluding carboxylic acids is 2. The van der Waals surface area contributed by atoms with Gasteiger partial charge in [0.05, 0.1) is 5.69 Å². The van der Waals surface area contributed by atoms with Gasteiger partial charge in [0, 0.05) is 35.0 Å². The molecule has 0 atom stereocenters. The Balaban J connectivity index is 1.50. The lowest BCUT2D eigenvalue weighted by Gasteiger charge is -2.14. The first-order chi connectivity index (χ1) is 18.0. The number of carbonyl (C=O) groups is 2. The Hall–Kier alpha value is -4.27. The number of urea groups is 1. The van der Waals surface area contributed by atoms with Gasteiger partial charge in [-0.05, 0) is 59.2 Å². The zero-order chi connectivity index (χ0) is 26.0. The first-order valence-corrected chi connectivity index (χ1v) is 12.6. The van der Waals surface area contributed by atoms with Crippen LogP contribution in [0.2, 0.25) is 0 Å². The molecule has 4 aromatic rings. The fraction of sp³-hybridized carbons (Fsp3) is 0.103. The summed E-state index contributed by atoms with van der Waals surface area (Å²) in [6.07, 6.45) is 0. The zero-order valence-corrected chi connectivity index (χ0v) is 20.9. The number of aromatic hydroxyl groups is 1. The van der Waals surface area contributed by atoms with E-state index in [1.807, 2.05) is 54.6 Å². The Morgan fingerprint density at radius 1 is 0.757 bits per heavy atom. The van der Waals surface area contributed by atoms with Gasteiger partial charge in [-0.25, -0.2) is 4.79 Å². The largest absolute Gasteiger partial charge is 0.508 e. The highest BCUT2D eigenvalue weighted by molar-refractivity contribution is 7.99. The van der Waals surface area contributed by atoms with Crippen LogP contribution in [0.1, 0.15) is 27.0 Å². The first-order valence-electron chi connectivity index (χ1n) is 11.8. The topological polar surface area (TPSA) is 116 Å². The van der Waals surface area contributed by atoms with Crippen molar-refractivity contribution < 1.29 is 14.7 Å². The maximum Gasteiger partial charge on any atom is 0.319 e. The van der Waals surface area contributed by atoms with Crippen LogP contribution in [0.4, 0.5) is 10.5 Å². The van der Waals surface area contributed by atoms with E-state index in [1.54, 1.807) is 42.5 Å². The fourth-order valence-corrected chi connectivity index (χ4v) is 4.48. The van der Waals surface area contributed by atoms with Gasteiger partial charge in [-0.2, -0.15) is 0 Å². The molecule has 0 spiro atoms. The predicted molar refractivity (Wildman–Crippen MR) is 146 cm³/mol. The van der Waals surface area contributed by atoms with E-state index >= 15 is 0 Å². The highest BCUT2D eigenvalue weighted by Gasteiger charge is 2.14. The van der Waals surface area contributed by atoms with Gasteiger partial charge in [-0.1, -0.05) is 66.4 Å². The first kappa shape index (κ1) is 25.8. The van der Waals surface area contributed by atoms with Gasteiger partial charge in [0.2, 0.25) is 0 Å². The van der Waals surface area contributed by atoms with Crippen molar-refractivity contribution >= 4 is 29.4 Å². The minimum Gasteiger partial charge on any atom is -0.508 e. The molecule has 8 heteroatoms. The summed E-state index contributed by atoms with van der Waals surface area (Å²) in [5, 5.41) is 18.2. The van der Waals surface area contributed by atoms with E-state index in [0.29, 0.717) is 30.9 Å². The van der Waals surface area contributed by atoms with Crippen LogP contribution < -0.4 is 21.7 Å². The standard InChI is InChI=1S/C29H28N4O3S/c30-17-21-7-4-8-22(15-21)19-31-28(35)23-9-14-27(37-25-12-10-24(34)11-13-25)26(16-23)33-29(36)32-18-20-5-2-1-3-6-20/h1-16,34H,17-19,30H2,(H,31,35)(H2,32,33,36). The van der Waals surface area contributed by atoms with Gasteiger partial charge in [-0.15, -0.1) is 0 Å². The minimum atomic E-state index is -0.382. The molecule has 0 fully saturated rings. The number of anilines is 1. The highest BCUT2D eigenvalue weighted by Crippen LogP contribution is 2.35. The Morgan fingerprint density at radius 3 is 2.22 bits per heavy atom. The van der Waals surface area contributed by atoms with Crippen molar-refractivity contribution in [1.82, 2.24) is 10.6 Å². The van der Waals surface area contributed by atoms with Gasteiger partial charge in [0.1, 0.15) is 5.75 Å². The van der Waals surface area contributed by atoms with Crippen molar-refractivity contribution in [2.75, 3.05) is 5.32 Å². The number of hydrogen-bond acceptors (Lipinski definition) is 5. The molecule has 3 amide bonds. The summed E-state index contributed by atoms with van der Waals surface area (Å²) >= 11 is 1.42. The summed E-state index contributed by atoms with van der Waals surface area (Å²) in [5.74, 6) is -0.0842. The van der Waals surface area contributed by atoms with Gasteiger partial charge in [0.15, 0.2) is 0 Å². The third-order valence-electron chi connectivity index (χ3n) is 5.53. The molecule has 0 heterocycles. The summed E-state index contributed by atoms with van der Waals surface area (Å²) in [4.78, 5) is 27.3. The average Bonchev–Trinajstić information content (AvgIpc) is 2.93. The van der Waals surface area contributed by atoms with Gasteiger partial charge in [-0.3, -0.25) is 4.79 Å². The molecule has 0 saturated carbocycles. The smallest absolute Gasteiger partial charge is 0.319 e. The van der Waals surface area contributed by atoms with Gasteiger partial charge >= 0.3 is 6.03 Å². The van der Waals surface area contributed by atoms with Crippen LogP contribution in [0.15, 0.2) is 107 Å². The number of amides is 3. The number of nitrogens with one attached hydrogen (secondary N) is 3. The number of phenolic OH excluding ortho intramolecular Hbond substituents is 1. The summed E-state index contributed by atoms with van der Waals surface area (Å²) in [7, 11) is 0. The van der Waals surface area contributed by atoms with E-state index in [9.17, 15) is 14.7 Å². The molecule has 0 radical (unpaired) electrons. The third kappa shape index (κ3) is 7.60. The molecule has 7 nitrogen and oxygen atoms in total. The van der Waals surface area contributed by atoms with Crippen LogP contribution in [0.25, 0.3) is 0 Å². The van der Waals surface area contributed by atoms with E-state index < -0.39 is 0 Å². The number of benzene rings is 4. The quantitative estimate of drug-likeness (QED) is 0.210. The van der Waals surface area contributed by atoms with E-state index in [0.717, 1.165) is 26.5 Å². The molecule has 0 aromatic heterocycles. The van der Waals surface area contributed by atoms with Gasteiger partial charge in [0.25, 0.3) is 5.91 Å². The SMILES string of the molecule is NCc1cccc(CNC(=O)c2ccc(Sc3ccc(O)cc3)c(NC(=O)NCc3ccccc3)c2)c1. The molecule has 0 aliphatic rings. The van der Waals surface area contributed by atoms with Crippen molar-refractivity contribution in [3.05, 3.63) is 119 Å². The molecule has 0 aliphatic heterocycles. The van der Waals surface area contributed by atoms with Crippen LogP contribution in [0.5, 0.6) is 5.75 Å². The molecular weight excluding hydrogens is 484 g/mol. The Labute approximate surface area is 220 Å². The summed E-state index contributed by atoms with van der Waals surface area (Å²) in [6.45, 7) is 1.16. The number of hydrogen-bond donors (Lipinski definition) is 5. The molecule has 188 valence electrons. The number of phenols is 1. The molecule has 4 aromatic carbocycles. The Kier molecular flexibility index (Phi) is 8.80. The second kappa shape index (κ2) is 12.6. The molecule has 37 heavy (non-hydrogen) atoms. The maximum atomic E-state index is 12.9. The van der Waals surface area contributed by atoms with E-state index in [2.05, 4.69) is 16.0 Å². The highest BCUT2D eigenvalue weighted by atomic mass is 32.2. The van der Waals surface area contributed by atoms with Crippen LogP contribution >= 0.6 is 11.8 Å².